The molecule has 2 atom stereocenters. The minimum Gasteiger partial charge on any atom is -0.382 e. The lowest BCUT2D eigenvalue weighted by Crippen LogP contribution is -2.37. The van der Waals surface area contributed by atoms with Gasteiger partial charge in [0.05, 0.1) is 5.56 Å². The van der Waals surface area contributed by atoms with Gasteiger partial charge >= 0.3 is 6.18 Å². The number of carbonyl (C=O) groups is 2. The third kappa shape index (κ3) is 5.61. The molecule has 0 radical (unpaired) electrons. The van der Waals surface area contributed by atoms with Crippen molar-refractivity contribution >= 4 is 29.0 Å². The number of nitrogens with two attached hydrogens (primary N) is 1. The van der Waals surface area contributed by atoms with Crippen molar-refractivity contribution in [2.45, 2.75) is 57.2 Å². The molecular weight excluding hydrogens is 523 g/mol. The van der Waals surface area contributed by atoms with Crippen molar-refractivity contribution in [3.8, 4) is 11.3 Å². The predicted octanol–water partition coefficient (Wildman–Crippen LogP) is 5.20. The zero-order valence-corrected chi connectivity index (χ0v) is 21.7. The Labute approximate surface area is 228 Å². The van der Waals surface area contributed by atoms with Gasteiger partial charge in [0, 0.05) is 48.1 Å². The van der Waals surface area contributed by atoms with Crippen LogP contribution in [0.25, 0.3) is 16.8 Å². The van der Waals surface area contributed by atoms with E-state index in [1.807, 2.05) is 17.5 Å². The molecule has 0 spiro atoms. The summed E-state index contributed by atoms with van der Waals surface area (Å²) in [6.45, 7) is 1.83. The van der Waals surface area contributed by atoms with Gasteiger partial charge in [0.1, 0.15) is 28.7 Å². The summed E-state index contributed by atoms with van der Waals surface area (Å²) in [7, 11) is 0. The van der Waals surface area contributed by atoms with Crippen LogP contribution in [-0.4, -0.2) is 37.2 Å². The summed E-state index contributed by atoms with van der Waals surface area (Å²) in [5, 5.41) is 5.51. The maximum absolute atomic E-state index is 13.0. The van der Waals surface area contributed by atoms with Crippen LogP contribution in [0.1, 0.15) is 66.7 Å². The predicted molar refractivity (Wildman–Crippen MR) is 143 cm³/mol. The molecule has 0 bridgehead atoms. The highest BCUT2D eigenvalue weighted by molar-refractivity contribution is 6.04. The lowest BCUT2D eigenvalue weighted by molar-refractivity contribution is -0.137. The standard InChI is InChI=1S/C28H28F3N7O2/c1-2-22(39)35-20-5-3-4-18(14-20)26-37-23(24-25(32)34-12-13-38(24)26)16-6-8-17(9-7-16)27(40)36-21-15-19(10-11-33-21)28(29,30)31/h6-13,15,18,20H,2-5,14H2,1H3,(H2,32,34)(H,35,39)(H,33,36,40)/t18?,20-/m1/s1. The number of amides is 2. The molecule has 40 heavy (non-hydrogen) atoms. The maximum atomic E-state index is 13.0. The number of pyridine rings is 1. The van der Waals surface area contributed by atoms with Gasteiger partial charge in [-0.25, -0.2) is 15.0 Å². The quantitative estimate of drug-likeness (QED) is 0.302. The highest BCUT2D eigenvalue weighted by atomic mass is 19.4. The Hall–Kier alpha value is -4.48. The first-order valence-electron chi connectivity index (χ1n) is 13.0. The zero-order valence-electron chi connectivity index (χ0n) is 21.7. The van der Waals surface area contributed by atoms with Crippen LogP contribution < -0.4 is 16.4 Å². The lowest BCUT2D eigenvalue weighted by atomic mass is 9.85. The molecule has 9 nitrogen and oxygen atoms in total. The normalized spacial score (nSPS) is 17.5. The molecule has 5 rings (SSSR count). The molecule has 4 aromatic rings. The van der Waals surface area contributed by atoms with E-state index < -0.39 is 17.6 Å². The van der Waals surface area contributed by atoms with E-state index in [1.165, 1.54) is 0 Å². The van der Waals surface area contributed by atoms with Gasteiger partial charge in [-0.2, -0.15) is 13.2 Å². The van der Waals surface area contributed by atoms with Gasteiger partial charge in [-0.3, -0.25) is 14.0 Å². The molecule has 1 aliphatic rings. The molecule has 12 heteroatoms. The SMILES string of the molecule is CCC(=O)N[C@@H]1CCCC(c2nc(-c3ccc(C(=O)Nc4cc(C(F)(F)F)ccn4)cc3)c3c(N)nccn23)C1. The number of benzene rings is 1. The summed E-state index contributed by atoms with van der Waals surface area (Å²) in [4.78, 5) is 37.7. The monoisotopic (exact) mass is 551 g/mol. The Balaban J connectivity index is 1.41. The number of carbonyl (C=O) groups excluding carboxylic acids is 2. The third-order valence-corrected chi connectivity index (χ3v) is 7.09. The molecule has 3 aromatic heterocycles. The molecule has 3 heterocycles. The van der Waals surface area contributed by atoms with Crippen LogP contribution in [0.3, 0.4) is 0 Å². The number of nitrogen functional groups attached to an aromatic ring is 1. The number of rotatable bonds is 6. The van der Waals surface area contributed by atoms with Crippen molar-refractivity contribution in [3.63, 3.8) is 0 Å². The fourth-order valence-electron chi connectivity index (χ4n) is 5.10. The van der Waals surface area contributed by atoms with Crippen LogP contribution in [0, 0.1) is 0 Å². The number of fused-ring (bicyclic) bond motifs is 1. The van der Waals surface area contributed by atoms with Crippen LogP contribution in [0.2, 0.25) is 0 Å². The summed E-state index contributed by atoms with van der Waals surface area (Å²) in [6, 6.07) is 8.23. The van der Waals surface area contributed by atoms with Gasteiger partial charge in [0.15, 0.2) is 0 Å². The van der Waals surface area contributed by atoms with Gasteiger partial charge < -0.3 is 16.4 Å². The van der Waals surface area contributed by atoms with Crippen molar-refractivity contribution in [2.75, 3.05) is 11.1 Å². The number of hydrogen-bond acceptors (Lipinski definition) is 6. The van der Waals surface area contributed by atoms with Crippen molar-refractivity contribution in [2.24, 2.45) is 0 Å². The summed E-state index contributed by atoms with van der Waals surface area (Å²) >= 11 is 0. The van der Waals surface area contributed by atoms with Crippen LogP contribution in [-0.2, 0) is 11.0 Å². The number of nitrogens with one attached hydrogen (secondary N) is 2. The number of hydrogen-bond donors (Lipinski definition) is 3. The average Bonchev–Trinajstić information content (AvgIpc) is 3.34. The van der Waals surface area contributed by atoms with Crippen molar-refractivity contribution in [3.05, 3.63) is 71.9 Å². The Kier molecular flexibility index (Phi) is 7.42. The van der Waals surface area contributed by atoms with Crippen molar-refractivity contribution in [1.29, 1.82) is 0 Å². The van der Waals surface area contributed by atoms with E-state index in [1.54, 1.807) is 30.5 Å². The number of aromatic nitrogens is 4. The van der Waals surface area contributed by atoms with Gasteiger partial charge in [-0.1, -0.05) is 25.5 Å². The Bertz CT molecular complexity index is 1550. The third-order valence-electron chi connectivity index (χ3n) is 7.09. The molecule has 2 amide bonds. The highest BCUT2D eigenvalue weighted by Gasteiger charge is 2.31. The Morgan fingerprint density at radius 1 is 1.10 bits per heavy atom. The number of imidazole rings is 1. The second kappa shape index (κ2) is 10.9. The van der Waals surface area contributed by atoms with E-state index in [9.17, 15) is 22.8 Å². The van der Waals surface area contributed by atoms with E-state index in [-0.39, 0.29) is 29.2 Å². The van der Waals surface area contributed by atoms with E-state index in [2.05, 4.69) is 20.6 Å². The molecule has 208 valence electrons. The van der Waals surface area contributed by atoms with Gasteiger partial charge in [0.2, 0.25) is 5.91 Å². The molecule has 1 fully saturated rings. The number of nitrogens with zero attached hydrogens (tertiary/aromatic N) is 4. The largest absolute Gasteiger partial charge is 0.416 e. The Morgan fingerprint density at radius 2 is 1.88 bits per heavy atom. The van der Waals surface area contributed by atoms with Crippen LogP contribution in [0.15, 0.2) is 55.0 Å². The van der Waals surface area contributed by atoms with E-state index in [0.29, 0.717) is 29.0 Å². The maximum Gasteiger partial charge on any atom is 0.416 e. The minimum absolute atomic E-state index is 0.0284. The smallest absolute Gasteiger partial charge is 0.382 e. The van der Waals surface area contributed by atoms with E-state index in [0.717, 1.165) is 49.8 Å². The molecule has 0 saturated heterocycles. The molecule has 1 aliphatic carbocycles. The summed E-state index contributed by atoms with van der Waals surface area (Å²) < 4.78 is 40.9. The molecule has 1 unspecified atom stereocenters. The molecule has 4 N–H and O–H groups in total. The van der Waals surface area contributed by atoms with Crippen LogP contribution in [0.5, 0.6) is 0 Å². The first-order valence-corrected chi connectivity index (χ1v) is 13.0. The summed E-state index contributed by atoms with van der Waals surface area (Å²) in [5.41, 5.74) is 7.55. The van der Waals surface area contributed by atoms with Gasteiger partial charge in [-0.05, 0) is 43.5 Å². The van der Waals surface area contributed by atoms with E-state index in [4.69, 9.17) is 10.7 Å². The average molecular weight is 552 g/mol. The van der Waals surface area contributed by atoms with Gasteiger partial charge in [0.25, 0.3) is 5.91 Å². The second-order valence-corrected chi connectivity index (χ2v) is 9.79. The molecule has 1 aromatic carbocycles. The minimum atomic E-state index is -4.55. The number of halogens is 3. The number of alkyl halides is 3. The van der Waals surface area contributed by atoms with E-state index >= 15 is 0 Å². The fourth-order valence-corrected chi connectivity index (χ4v) is 5.10. The topological polar surface area (TPSA) is 127 Å². The molecule has 1 saturated carbocycles. The highest BCUT2D eigenvalue weighted by Crippen LogP contribution is 2.37. The fraction of sp³-hybridized carbons (Fsp3) is 0.321. The molecular formula is C28H28F3N7O2. The molecule has 0 aliphatic heterocycles. The van der Waals surface area contributed by atoms with Crippen molar-refractivity contribution < 1.29 is 22.8 Å². The first kappa shape index (κ1) is 27.1. The summed E-state index contributed by atoms with van der Waals surface area (Å²) in [6.07, 6.45) is 3.86. The van der Waals surface area contributed by atoms with Crippen LogP contribution in [0.4, 0.5) is 24.8 Å². The van der Waals surface area contributed by atoms with Crippen LogP contribution >= 0.6 is 0 Å². The summed E-state index contributed by atoms with van der Waals surface area (Å²) in [5.74, 6) is 0.461. The second-order valence-electron chi connectivity index (χ2n) is 9.79. The zero-order chi connectivity index (χ0) is 28.4. The lowest BCUT2D eigenvalue weighted by Gasteiger charge is -2.29. The number of anilines is 2. The first-order chi connectivity index (χ1) is 19.1. The van der Waals surface area contributed by atoms with Crippen molar-refractivity contribution in [1.82, 2.24) is 24.7 Å². The Morgan fingerprint density at radius 3 is 2.60 bits per heavy atom. The van der Waals surface area contributed by atoms with Gasteiger partial charge in [-0.15, -0.1) is 0 Å².